The highest BCUT2D eigenvalue weighted by atomic mass is 32.1. The van der Waals surface area contributed by atoms with Gasteiger partial charge in [0.05, 0.1) is 28.6 Å². The Hall–Kier alpha value is -2.97. The third kappa shape index (κ3) is 2.95. The monoisotopic (exact) mass is 410 g/mol. The van der Waals surface area contributed by atoms with Crippen LogP contribution in [0.15, 0.2) is 36.5 Å². The minimum atomic E-state index is -0.546. The summed E-state index contributed by atoms with van der Waals surface area (Å²) in [5.74, 6) is -0.0475. The number of hydrogen-bond donors (Lipinski definition) is 2. The lowest BCUT2D eigenvalue weighted by Gasteiger charge is -2.10. The van der Waals surface area contributed by atoms with Crippen LogP contribution in [0, 0.1) is 5.82 Å². The summed E-state index contributed by atoms with van der Waals surface area (Å²) in [6.45, 7) is 1.86. The maximum absolute atomic E-state index is 14.9. The average Bonchev–Trinajstić information content (AvgIpc) is 3.43. The molecule has 4 aromatic rings. The Morgan fingerprint density at radius 1 is 1.38 bits per heavy atom. The Labute approximate surface area is 170 Å². The molecule has 0 saturated carbocycles. The third-order valence-corrected chi connectivity index (χ3v) is 6.50. The first kappa shape index (κ1) is 18.1. The fourth-order valence-corrected chi connectivity index (χ4v) is 4.98. The molecule has 0 bridgehead atoms. The SMILES string of the molecule is COc1cc2c(cc1C(N)=O)sc1nc(-c3ccc(C4CCNC4)cc3F)cn12. The number of carbonyl (C=O) groups is 1. The number of rotatable bonds is 4. The molecule has 5 rings (SSSR count). The van der Waals surface area contributed by atoms with Crippen molar-refractivity contribution in [3.05, 3.63) is 53.5 Å². The van der Waals surface area contributed by atoms with Crippen LogP contribution in [-0.2, 0) is 0 Å². The first-order chi connectivity index (χ1) is 14.0. The lowest BCUT2D eigenvalue weighted by atomic mass is 9.96. The molecule has 6 nitrogen and oxygen atoms in total. The molecule has 1 fully saturated rings. The summed E-state index contributed by atoms with van der Waals surface area (Å²) in [5.41, 5.74) is 8.67. The zero-order valence-electron chi connectivity index (χ0n) is 15.7. The van der Waals surface area contributed by atoms with Gasteiger partial charge in [-0.15, -0.1) is 0 Å². The molecule has 1 aliphatic heterocycles. The second-order valence-corrected chi connectivity index (χ2v) is 8.20. The number of amides is 1. The quantitative estimate of drug-likeness (QED) is 0.539. The molecular formula is C21H19FN4O2S. The number of hydrogen-bond acceptors (Lipinski definition) is 5. The number of thiazole rings is 1. The van der Waals surface area contributed by atoms with E-state index in [1.54, 1.807) is 18.2 Å². The maximum atomic E-state index is 14.9. The lowest BCUT2D eigenvalue weighted by molar-refractivity contribution is 0.0997. The van der Waals surface area contributed by atoms with Crippen molar-refractivity contribution in [1.29, 1.82) is 0 Å². The van der Waals surface area contributed by atoms with E-state index in [4.69, 9.17) is 10.5 Å². The van der Waals surface area contributed by atoms with Crippen LogP contribution in [0.1, 0.15) is 28.3 Å². The normalized spacial score (nSPS) is 16.7. The van der Waals surface area contributed by atoms with Crippen LogP contribution in [0.25, 0.3) is 26.4 Å². The smallest absolute Gasteiger partial charge is 0.252 e. The van der Waals surface area contributed by atoms with Gasteiger partial charge in [0.1, 0.15) is 11.6 Å². The Morgan fingerprint density at radius 2 is 2.24 bits per heavy atom. The topological polar surface area (TPSA) is 81.7 Å². The van der Waals surface area contributed by atoms with Crippen LogP contribution in [0.2, 0.25) is 0 Å². The van der Waals surface area contributed by atoms with E-state index < -0.39 is 5.91 Å². The van der Waals surface area contributed by atoms with Gasteiger partial charge in [-0.2, -0.15) is 0 Å². The van der Waals surface area contributed by atoms with E-state index in [0.29, 0.717) is 33.4 Å². The zero-order valence-corrected chi connectivity index (χ0v) is 16.6. The largest absolute Gasteiger partial charge is 0.496 e. The molecule has 0 radical (unpaired) electrons. The minimum Gasteiger partial charge on any atom is -0.496 e. The summed E-state index contributed by atoms with van der Waals surface area (Å²) < 4.78 is 22.9. The number of nitrogens with one attached hydrogen (secondary N) is 1. The van der Waals surface area contributed by atoms with E-state index in [2.05, 4.69) is 10.3 Å². The van der Waals surface area contributed by atoms with Crippen molar-refractivity contribution in [2.24, 2.45) is 5.73 Å². The van der Waals surface area contributed by atoms with Crippen LogP contribution < -0.4 is 15.8 Å². The van der Waals surface area contributed by atoms with Crippen LogP contribution in [0.4, 0.5) is 4.39 Å². The van der Waals surface area contributed by atoms with Gasteiger partial charge < -0.3 is 15.8 Å². The van der Waals surface area contributed by atoms with Crippen molar-refractivity contribution >= 4 is 32.4 Å². The highest BCUT2D eigenvalue weighted by Crippen LogP contribution is 2.35. The van der Waals surface area contributed by atoms with Gasteiger partial charge in [-0.25, -0.2) is 9.37 Å². The molecule has 1 saturated heterocycles. The summed E-state index contributed by atoms with van der Waals surface area (Å²) in [6, 6.07) is 8.89. The van der Waals surface area contributed by atoms with Gasteiger partial charge >= 0.3 is 0 Å². The number of nitrogens with zero attached hydrogens (tertiary/aromatic N) is 2. The average molecular weight is 410 g/mol. The number of primary amides is 1. The minimum absolute atomic E-state index is 0.266. The van der Waals surface area contributed by atoms with E-state index in [-0.39, 0.29) is 5.82 Å². The Kier molecular flexibility index (Phi) is 4.25. The van der Waals surface area contributed by atoms with Crippen LogP contribution >= 0.6 is 11.3 Å². The van der Waals surface area contributed by atoms with E-state index in [1.807, 2.05) is 22.7 Å². The van der Waals surface area contributed by atoms with Crippen molar-refractivity contribution in [3.63, 3.8) is 0 Å². The summed E-state index contributed by atoms with van der Waals surface area (Å²) in [6.07, 6.45) is 2.84. The van der Waals surface area contributed by atoms with Gasteiger partial charge in [0.15, 0.2) is 4.96 Å². The molecule has 1 unspecified atom stereocenters. The fraction of sp³-hybridized carbons (Fsp3) is 0.238. The van der Waals surface area contributed by atoms with Crippen molar-refractivity contribution < 1.29 is 13.9 Å². The third-order valence-electron chi connectivity index (χ3n) is 5.48. The number of carbonyl (C=O) groups excluding carboxylic acids is 1. The first-order valence-electron chi connectivity index (χ1n) is 9.35. The van der Waals surface area contributed by atoms with Crippen molar-refractivity contribution in [1.82, 2.24) is 14.7 Å². The van der Waals surface area contributed by atoms with Crippen LogP contribution in [0.5, 0.6) is 5.75 Å². The standard InChI is InChI=1S/C21H19FN4O2S/c1-28-18-8-17-19(7-14(18)20(23)27)29-21-25-16(10-26(17)21)13-3-2-11(6-15(13)22)12-4-5-24-9-12/h2-3,6-8,10,12,24H,4-5,9H2,1H3,(H2,23,27). The number of methoxy groups -OCH3 is 1. The highest BCUT2D eigenvalue weighted by Gasteiger charge is 2.20. The van der Waals surface area contributed by atoms with E-state index in [1.165, 1.54) is 18.4 Å². The van der Waals surface area contributed by atoms with E-state index in [0.717, 1.165) is 35.3 Å². The van der Waals surface area contributed by atoms with Gasteiger partial charge in [0, 0.05) is 24.4 Å². The van der Waals surface area contributed by atoms with Crippen molar-refractivity contribution in [3.8, 4) is 17.0 Å². The summed E-state index contributed by atoms with van der Waals surface area (Å²) in [5, 5.41) is 3.31. The molecule has 0 aliphatic carbocycles. The number of imidazole rings is 1. The highest BCUT2D eigenvalue weighted by molar-refractivity contribution is 7.23. The first-order valence-corrected chi connectivity index (χ1v) is 10.2. The molecule has 0 spiro atoms. The van der Waals surface area contributed by atoms with Gasteiger partial charge in [-0.1, -0.05) is 17.4 Å². The van der Waals surface area contributed by atoms with Gasteiger partial charge in [0.25, 0.3) is 5.91 Å². The van der Waals surface area contributed by atoms with E-state index >= 15 is 0 Å². The second-order valence-electron chi connectivity index (χ2n) is 7.19. The van der Waals surface area contributed by atoms with Crippen LogP contribution in [0.3, 0.4) is 0 Å². The maximum Gasteiger partial charge on any atom is 0.252 e. The van der Waals surface area contributed by atoms with Crippen molar-refractivity contribution in [2.45, 2.75) is 12.3 Å². The Bertz CT molecular complexity index is 1260. The Balaban J connectivity index is 1.59. The molecule has 3 N–H and O–H groups in total. The summed E-state index contributed by atoms with van der Waals surface area (Å²) in [7, 11) is 1.49. The number of nitrogens with two attached hydrogens (primary N) is 1. The van der Waals surface area contributed by atoms with E-state index in [9.17, 15) is 9.18 Å². The lowest BCUT2D eigenvalue weighted by Crippen LogP contribution is -2.12. The Morgan fingerprint density at radius 3 is 2.93 bits per heavy atom. The van der Waals surface area contributed by atoms with Crippen LogP contribution in [-0.4, -0.2) is 35.5 Å². The predicted molar refractivity (Wildman–Crippen MR) is 111 cm³/mol. The number of benzene rings is 2. The van der Waals surface area contributed by atoms with Crippen molar-refractivity contribution in [2.75, 3.05) is 20.2 Å². The molecule has 2 aromatic heterocycles. The predicted octanol–water partition coefficient (Wildman–Crippen LogP) is 3.54. The number of ether oxygens (including phenoxy) is 1. The number of aromatic nitrogens is 2. The molecule has 148 valence electrons. The number of halogens is 1. The fourth-order valence-electron chi connectivity index (χ4n) is 3.95. The molecule has 2 aromatic carbocycles. The number of fused-ring (bicyclic) bond motifs is 3. The van der Waals surface area contributed by atoms with Gasteiger partial charge in [-0.3, -0.25) is 9.20 Å². The molecule has 1 amide bonds. The molecule has 29 heavy (non-hydrogen) atoms. The van der Waals surface area contributed by atoms with Gasteiger partial charge in [-0.05, 0) is 42.6 Å². The molecule has 1 aliphatic rings. The summed E-state index contributed by atoms with van der Waals surface area (Å²) >= 11 is 1.42. The van der Waals surface area contributed by atoms with Gasteiger partial charge in [0.2, 0.25) is 0 Å². The summed E-state index contributed by atoms with van der Waals surface area (Å²) in [4.78, 5) is 17.0. The molecule has 3 heterocycles. The molecule has 8 heteroatoms. The molecular weight excluding hydrogens is 391 g/mol. The zero-order chi connectivity index (χ0) is 20.1. The second kappa shape index (κ2) is 6.82. The molecule has 1 atom stereocenters.